The minimum atomic E-state index is -1.10. The van der Waals surface area contributed by atoms with Crippen molar-refractivity contribution in [2.75, 3.05) is 46.7 Å². The molecule has 0 radical (unpaired) electrons. The van der Waals surface area contributed by atoms with Crippen molar-refractivity contribution in [2.24, 2.45) is 5.92 Å². The Labute approximate surface area is 270 Å². The summed E-state index contributed by atoms with van der Waals surface area (Å²) in [6.07, 6.45) is 0.350. The highest BCUT2D eigenvalue weighted by atomic mass is 35.5. The fourth-order valence-corrected chi connectivity index (χ4v) is 6.22. The Morgan fingerprint density at radius 2 is 1.73 bits per heavy atom. The molecule has 236 valence electrons. The summed E-state index contributed by atoms with van der Waals surface area (Å²) in [7, 11) is 6.14. The molecule has 3 aromatic rings. The number of hydrogen-bond acceptors (Lipinski definition) is 6. The minimum Gasteiger partial charge on any atom is -0.496 e. The third-order valence-electron chi connectivity index (χ3n) is 8.23. The van der Waals surface area contributed by atoms with E-state index in [4.69, 9.17) is 27.9 Å². The lowest BCUT2D eigenvalue weighted by Gasteiger charge is -2.33. The van der Waals surface area contributed by atoms with Crippen LogP contribution in [0.5, 0.6) is 5.75 Å². The van der Waals surface area contributed by atoms with Gasteiger partial charge < -0.3 is 20.3 Å². The average molecular weight is 657 g/mol. The molecule has 2 N–H and O–H groups in total. The number of ether oxygens (including phenoxy) is 1. The fourth-order valence-electron chi connectivity index (χ4n) is 5.61. The van der Waals surface area contributed by atoms with Gasteiger partial charge in [0.2, 0.25) is 17.7 Å². The highest BCUT2D eigenvalue weighted by Crippen LogP contribution is 2.42. The molecule has 13 heteroatoms. The number of benzene rings is 3. The lowest BCUT2D eigenvalue weighted by molar-refractivity contribution is -0.140. The average Bonchev–Trinajstić information content (AvgIpc) is 3.46. The van der Waals surface area contributed by atoms with Gasteiger partial charge in [0, 0.05) is 68.4 Å². The van der Waals surface area contributed by atoms with Gasteiger partial charge in [-0.25, -0.2) is 9.18 Å². The van der Waals surface area contributed by atoms with Crippen molar-refractivity contribution in [3.8, 4) is 28.0 Å². The van der Waals surface area contributed by atoms with E-state index < -0.39 is 29.6 Å². The van der Waals surface area contributed by atoms with Crippen LogP contribution in [0.4, 0.5) is 14.9 Å². The zero-order chi connectivity index (χ0) is 32.6. The largest absolute Gasteiger partial charge is 0.496 e. The van der Waals surface area contributed by atoms with Crippen LogP contribution in [-0.2, 0) is 20.9 Å². The summed E-state index contributed by atoms with van der Waals surface area (Å²) < 4.78 is 21.2. The van der Waals surface area contributed by atoms with Crippen LogP contribution in [-0.4, -0.2) is 85.8 Å². The number of imide groups is 1. The Hall–Kier alpha value is -4.19. The number of rotatable bonds is 8. The van der Waals surface area contributed by atoms with Crippen LogP contribution < -0.4 is 15.4 Å². The van der Waals surface area contributed by atoms with Crippen LogP contribution in [0.2, 0.25) is 10.0 Å². The van der Waals surface area contributed by atoms with Crippen LogP contribution in [0.1, 0.15) is 12.0 Å². The van der Waals surface area contributed by atoms with Crippen molar-refractivity contribution in [2.45, 2.75) is 19.0 Å². The van der Waals surface area contributed by atoms with E-state index in [1.807, 2.05) is 11.9 Å². The summed E-state index contributed by atoms with van der Waals surface area (Å²) >= 11 is 13.7. The number of anilines is 1. The first-order valence-electron chi connectivity index (χ1n) is 14.2. The van der Waals surface area contributed by atoms with Crippen LogP contribution in [0.25, 0.3) is 22.3 Å². The summed E-state index contributed by atoms with van der Waals surface area (Å²) in [5, 5.41) is 6.00. The predicted octanol–water partition coefficient (Wildman–Crippen LogP) is 4.87. The molecule has 5 rings (SSSR count). The highest BCUT2D eigenvalue weighted by molar-refractivity contribution is 6.39. The van der Waals surface area contributed by atoms with Crippen LogP contribution in [0.3, 0.4) is 0 Å². The van der Waals surface area contributed by atoms with Crippen molar-refractivity contribution in [1.29, 1.82) is 0 Å². The second-order valence-corrected chi connectivity index (χ2v) is 11.9. The molecule has 2 fully saturated rings. The lowest BCUT2D eigenvalue weighted by Crippen LogP contribution is -2.56. The SMILES string of the molecule is COc1cc(-c2cccc(-c3cccc(NC(=O)C4CN(C)C(=O)N(C)C4=O)c3Cl)c2Cl)cc(F)c1CN(C)[C@H]1CNC(=O)C1. The Morgan fingerprint density at radius 1 is 1.07 bits per heavy atom. The molecule has 3 aromatic carbocycles. The van der Waals surface area contributed by atoms with E-state index in [1.165, 1.54) is 32.2 Å². The Kier molecular flexibility index (Phi) is 9.33. The number of likely N-dealkylation sites (N-methyl/N-ethyl adjacent to an activating group) is 1. The zero-order valence-corrected chi connectivity index (χ0v) is 26.6. The first kappa shape index (κ1) is 32.2. The summed E-state index contributed by atoms with van der Waals surface area (Å²) in [5.74, 6) is -2.48. The summed E-state index contributed by atoms with van der Waals surface area (Å²) in [5.41, 5.74) is 2.68. The van der Waals surface area contributed by atoms with Gasteiger partial charge in [-0.3, -0.25) is 24.2 Å². The van der Waals surface area contributed by atoms with Crippen LogP contribution >= 0.6 is 23.2 Å². The third-order valence-corrected chi connectivity index (χ3v) is 9.05. The number of methoxy groups -OCH3 is 1. The normalized spacial score (nSPS) is 18.4. The van der Waals surface area contributed by atoms with Gasteiger partial charge in [-0.15, -0.1) is 0 Å². The number of nitrogens with zero attached hydrogens (tertiary/aromatic N) is 3. The molecule has 0 spiro atoms. The maximum absolute atomic E-state index is 15.6. The third kappa shape index (κ3) is 6.33. The monoisotopic (exact) mass is 655 g/mol. The molecule has 5 amide bonds. The number of hydrogen-bond donors (Lipinski definition) is 2. The van der Waals surface area contributed by atoms with Crippen LogP contribution in [0, 0.1) is 11.7 Å². The highest BCUT2D eigenvalue weighted by Gasteiger charge is 2.39. The van der Waals surface area contributed by atoms with Crippen molar-refractivity contribution in [3.63, 3.8) is 0 Å². The van der Waals surface area contributed by atoms with Crippen molar-refractivity contribution in [3.05, 3.63) is 70.0 Å². The van der Waals surface area contributed by atoms with E-state index in [9.17, 15) is 19.2 Å². The second-order valence-electron chi connectivity index (χ2n) is 11.2. The van der Waals surface area contributed by atoms with E-state index in [0.717, 1.165) is 4.90 Å². The number of carbonyl (C=O) groups is 4. The molecule has 0 aromatic heterocycles. The van der Waals surface area contributed by atoms with Crippen LogP contribution in [0.15, 0.2) is 48.5 Å². The van der Waals surface area contributed by atoms with Gasteiger partial charge in [0.15, 0.2) is 0 Å². The van der Waals surface area contributed by atoms with Gasteiger partial charge in [-0.1, -0.05) is 53.5 Å². The van der Waals surface area contributed by atoms with E-state index in [2.05, 4.69) is 10.6 Å². The molecule has 10 nitrogen and oxygen atoms in total. The summed E-state index contributed by atoms with van der Waals surface area (Å²) in [6.45, 7) is 0.680. The molecular weight excluding hydrogens is 624 g/mol. The van der Waals surface area contributed by atoms with Gasteiger partial charge in [0.1, 0.15) is 17.5 Å². The molecule has 1 unspecified atom stereocenters. The van der Waals surface area contributed by atoms with Gasteiger partial charge in [0.05, 0.1) is 22.8 Å². The first-order valence-corrected chi connectivity index (χ1v) is 14.9. The topological polar surface area (TPSA) is 111 Å². The van der Waals surface area contributed by atoms with Gasteiger partial charge in [0.25, 0.3) is 0 Å². The van der Waals surface area contributed by atoms with E-state index in [1.54, 1.807) is 42.5 Å². The number of halogens is 3. The molecule has 2 heterocycles. The Bertz CT molecular complexity index is 1700. The maximum Gasteiger partial charge on any atom is 0.326 e. The standard InChI is InChI=1S/C32H32Cl2FN5O5/c1-38(18-13-27(41)36-14-18)15-22-24(35)11-17(12-26(22)45-4)19-7-5-8-20(28(19)33)21-9-6-10-25(29(21)34)37-30(42)23-16-39(2)32(44)40(3)31(23)43/h5-12,18,23H,13-16H2,1-4H3,(H,36,41)(H,37,42)/t18-,23?/m1/s1. The molecule has 0 saturated carbocycles. The second kappa shape index (κ2) is 13.0. The summed E-state index contributed by atoms with van der Waals surface area (Å²) in [6, 6.07) is 12.9. The van der Waals surface area contributed by atoms with Crippen molar-refractivity contribution < 1.29 is 28.3 Å². The molecule has 2 saturated heterocycles. The zero-order valence-electron chi connectivity index (χ0n) is 25.1. The van der Waals surface area contributed by atoms with Crippen molar-refractivity contribution in [1.82, 2.24) is 20.0 Å². The molecule has 0 aliphatic carbocycles. The number of amides is 5. The van der Waals surface area contributed by atoms with Gasteiger partial charge in [-0.05, 0) is 30.8 Å². The fraction of sp³-hybridized carbons (Fsp3) is 0.312. The van der Waals surface area contributed by atoms with Gasteiger partial charge in [-0.2, -0.15) is 0 Å². The van der Waals surface area contributed by atoms with Crippen molar-refractivity contribution >= 4 is 52.6 Å². The first-order chi connectivity index (χ1) is 21.4. The minimum absolute atomic E-state index is 0.0325. The molecule has 2 atom stereocenters. The molecule has 45 heavy (non-hydrogen) atoms. The van der Waals surface area contributed by atoms with Gasteiger partial charge >= 0.3 is 6.03 Å². The number of urea groups is 1. The summed E-state index contributed by atoms with van der Waals surface area (Å²) in [4.78, 5) is 53.6. The number of carbonyl (C=O) groups excluding carboxylic acids is 4. The Morgan fingerprint density at radius 3 is 2.40 bits per heavy atom. The van der Waals surface area contributed by atoms with E-state index >= 15 is 4.39 Å². The maximum atomic E-state index is 15.6. The quantitative estimate of drug-likeness (QED) is 0.335. The molecular formula is C32H32Cl2FN5O5. The van der Waals surface area contributed by atoms with E-state index in [0.29, 0.717) is 51.6 Å². The number of nitrogens with one attached hydrogen (secondary N) is 2. The molecule has 0 bridgehead atoms. The lowest BCUT2D eigenvalue weighted by atomic mass is 9.96. The molecule has 2 aliphatic heterocycles. The van der Waals surface area contributed by atoms with E-state index in [-0.39, 0.29) is 35.7 Å². The molecule has 2 aliphatic rings. The smallest absolute Gasteiger partial charge is 0.326 e. The Balaban J connectivity index is 1.43. The predicted molar refractivity (Wildman–Crippen MR) is 170 cm³/mol.